The van der Waals surface area contributed by atoms with E-state index in [1.807, 2.05) is 0 Å². The van der Waals surface area contributed by atoms with E-state index in [1.165, 1.54) is 0 Å². The molecule has 0 aromatic heterocycles. The molecule has 0 heterocycles. The van der Waals surface area contributed by atoms with Gasteiger partial charge in [-0.05, 0) is 29.3 Å². The average Bonchev–Trinajstić information content (AvgIpc) is 2.45. The van der Waals surface area contributed by atoms with E-state index < -0.39 is 39.7 Å². The molecule has 23 heavy (non-hydrogen) atoms. The number of nitro benzene ring substituents is 1. The van der Waals surface area contributed by atoms with Gasteiger partial charge in [0.2, 0.25) is 0 Å². The van der Waals surface area contributed by atoms with Crippen LogP contribution in [0.1, 0.15) is 11.1 Å². The molecule has 0 aliphatic rings. The first-order valence-corrected chi connectivity index (χ1v) is 6.03. The van der Waals surface area contributed by atoms with Crippen LogP contribution in [0.3, 0.4) is 0 Å². The normalized spacial score (nSPS) is 12.3. The molecular weight excluding hydrogens is 328 g/mol. The number of alkyl halides is 6. The highest BCUT2D eigenvalue weighted by Crippen LogP contribution is 2.40. The summed E-state index contributed by atoms with van der Waals surface area (Å²) in [5.74, 6) is 0. The lowest BCUT2D eigenvalue weighted by Gasteiger charge is -2.14. The lowest BCUT2D eigenvalue weighted by molar-refractivity contribution is -0.385. The minimum absolute atomic E-state index is 0.301. The van der Waals surface area contributed by atoms with E-state index in [9.17, 15) is 36.5 Å². The number of benzene rings is 2. The Morgan fingerprint density at radius 3 is 2.04 bits per heavy atom. The summed E-state index contributed by atoms with van der Waals surface area (Å²) in [4.78, 5) is 9.59. The van der Waals surface area contributed by atoms with Crippen molar-refractivity contribution in [3.63, 3.8) is 0 Å². The Hall–Kier alpha value is -2.58. The molecule has 0 saturated heterocycles. The van der Waals surface area contributed by atoms with Gasteiger partial charge < -0.3 is 0 Å². The van der Waals surface area contributed by atoms with Crippen LogP contribution < -0.4 is 0 Å². The van der Waals surface area contributed by atoms with E-state index in [-0.39, 0.29) is 5.56 Å². The molecule has 122 valence electrons. The molecule has 2 rings (SSSR count). The Morgan fingerprint density at radius 2 is 1.52 bits per heavy atom. The van der Waals surface area contributed by atoms with Gasteiger partial charge in [-0.3, -0.25) is 10.1 Å². The third-order valence-corrected chi connectivity index (χ3v) is 3.02. The molecule has 0 spiro atoms. The first kappa shape index (κ1) is 16.8. The van der Waals surface area contributed by atoms with E-state index in [4.69, 9.17) is 0 Å². The van der Waals surface area contributed by atoms with Crippen LogP contribution in [0.25, 0.3) is 11.1 Å². The molecule has 0 N–H and O–H groups in total. The number of rotatable bonds is 2. The molecule has 2 aromatic rings. The van der Waals surface area contributed by atoms with Gasteiger partial charge >= 0.3 is 12.4 Å². The quantitative estimate of drug-likeness (QED) is 0.425. The number of hydrogen-bond acceptors (Lipinski definition) is 2. The van der Waals surface area contributed by atoms with Crippen LogP contribution in [0.4, 0.5) is 32.0 Å². The maximum absolute atomic E-state index is 13.1. The van der Waals surface area contributed by atoms with Crippen molar-refractivity contribution in [1.29, 1.82) is 0 Å². The predicted molar refractivity (Wildman–Crippen MR) is 68.5 cm³/mol. The third-order valence-electron chi connectivity index (χ3n) is 3.02. The van der Waals surface area contributed by atoms with Gasteiger partial charge in [0.05, 0.1) is 16.1 Å². The van der Waals surface area contributed by atoms with Crippen LogP contribution in [0.2, 0.25) is 0 Å². The van der Waals surface area contributed by atoms with Crippen molar-refractivity contribution in [1.82, 2.24) is 0 Å². The molecule has 0 bridgehead atoms. The molecule has 0 unspecified atom stereocenters. The summed E-state index contributed by atoms with van der Waals surface area (Å²) in [7, 11) is 0. The van der Waals surface area contributed by atoms with Crippen molar-refractivity contribution >= 4 is 5.69 Å². The Balaban J connectivity index is 2.66. The highest BCUT2D eigenvalue weighted by Gasteiger charge is 2.36. The van der Waals surface area contributed by atoms with Crippen LogP contribution >= 0.6 is 0 Å². The van der Waals surface area contributed by atoms with E-state index in [1.54, 1.807) is 0 Å². The molecule has 0 saturated carbocycles. The molecule has 9 heteroatoms. The van der Waals surface area contributed by atoms with E-state index in [2.05, 4.69) is 0 Å². The number of nitrogens with zero attached hydrogens (tertiary/aromatic N) is 1. The highest BCUT2D eigenvalue weighted by atomic mass is 19.4. The van der Waals surface area contributed by atoms with E-state index >= 15 is 0 Å². The maximum Gasteiger partial charge on any atom is 0.417 e. The number of non-ortho nitro benzene ring substituents is 1. The standard InChI is InChI=1S/C14H7F6NO2/c15-13(16,17)9-3-1-2-8(6-9)11-5-4-10(21(22)23)7-12(11)14(18,19)20/h1-7H. The second kappa shape index (κ2) is 5.56. The van der Waals surface area contributed by atoms with Crippen LogP contribution in [-0.4, -0.2) is 4.92 Å². The van der Waals surface area contributed by atoms with Gasteiger partial charge in [-0.25, -0.2) is 0 Å². The van der Waals surface area contributed by atoms with Gasteiger partial charge in [0.1, 0.15) is 0 Å². The van der Waals surface area contributed by atoms with Gasteiger partial charge in [0, 0.05) is 12.1 Å². The van der Waals surface area contributed by atoms with Crippen molar-refractivity contribution in [3.8, 4) is 11.1 Å². The van der Waals surface area contributed by atoms with Crippen molar-refractivity contribution in [2.24, 2.45) is 0 Å². The van der Waals surface area contributed by atoms with Crippen LogP contribution in [0.5, 0.6) is 0 Å². The van der Waals surface area contributed by atoms with Gasteiger partial charge in [-0.1, -0.05) is 12.1 Å². The molecule has 3 nitrogen and oxygen atoms in total. The number of halogens is 6. The monoisotopic (exact) mass is 335 g/mol. The Kier molecular flexibility index (Phi) is 4.06. The zero-order chi connectivity index (χ0) is 17.4. The summed E-state index contributed by atoms with van der Waals surface area (Å²) in [6.45, 7) is 0. The maximum atomic E-state index is 13.1. The minimum atomic E-state index is -4.95. The van der Waals surface area contributed by atoms with Gasteiger partial charge in [0.15, 0.2) is 0 Å². The molecule has 0 aliphatic carbocycles. The van der Waals surface area contributed by atoms with Gasteiger partial charge in [-0.15, -0.1) is 0 Å². The first-order chi connectivity index (χ1) is 10.5. The van der Waals surface area contributed by atoms with Crippen molar-refractivity contribution in [2.45, 2.75) is 12.4 Å². The Labute approximate surface area is 125 Å². The largest absolute Gasteiger partial charge is 0.417 e. The molecule has 2 aromatic carbocycles. The topological polar surface area (TPSA) is 43.1 Å². The second-order valence-electron chi connectivity index (χ2n) is 4.56. The molecule has 0 radical (unpaired) electrons. The molecular formula is C14H7F6NO2. The fourth-order valence-corrected chi connectivity index (χ4v) is 2.00. The van der Waals surface area contributed by atoms with Crippen LogP contribution in [-0.2, 0) is 12.4 Å². The zero-order valence-electron chi connectivity index (χ0n) is 11.1. The second-order valence-corrected chi connectivity index (χ2v) is 4.56. The van der Waals surface area contributed by atoms with Crippen LogP contribution in [0.15, 0.2) is 42.5 Å². The van der Waals surface area contributed by atoms with Gasteiger partial charge in [0.25, 0.3) is 5.69 Å². The van der Waals surface area contributed by atoms with Crippen LogP contribution in [0, 0.1) is 10.1 Å². The SMILES string of the molecule is O=[N+]([O-])c1ccc(-c2cccc(C(F)(F)F)c2)c(C(F)(F)F)c1. The molecule has 0 fully saturated rings. The Bertz CT molecular complexity index is 752. The zero-order valence-corrected chi connectivity index (χ0v) is 11.1. The number of hydrogen-bond donors (Lipinski definition) is 0. The summed E-state index contributed by atoms with van der Waals surface area (Å²) >= 11 is 0. The third kappa shape index (κ3) is 3.61. The minimum Gasteiger partial charge on any atom is -0.258 e. The predicted octanol–water partition coefficient (Wildman–Crippen LogP) is 5.30. The lowest BCUT2D eigenvalue weighted by Crippen LogP contribution is -2.09. The van der Waals surface area contributed by atoms with E-state index in [0.29, 0.717) is 12.1 Å². The lowest BCUT2D eigenvalue weighted by atomic mass is 9.97. The first-order valence-electron chi connectivity index (χ1n) is 6.03. The number of nitro groups is 1. The fraction of sp³-hybridized carbons (Fsp3) is 0.143. The highest BCUT2D eigenvalue weighted by molar-refractivity contribution is 5.70. The summed E-state index contributed by atoms with van der Waals surface area (Å²) in [5, 5.41) is 10.6. The molecule has 0 amide bonds. The average molecular weight is 335 g/mol. The summed E-state index contributed by atoms with van der Waals surface area (Å²) in [6.07, 6.45) is -9.66. The summed E-state index contributed by atoms with van der Waals surface area (Å²) in [6, 6.07) is 5.24. The van der Waals surface area contributed by atoms with E-state index in [0.717, 1.165) is 30.3 Å². The Morgan fingerprint density at radius 1 is 0.870 bits per heavy atom. The molecule has 0 aliphatic heterocycles. The van der Waals surface area contributed by atoms with Gasteiger partial charge in [-0.2, -0.15) is 26.3 Å². The summed E-state index contributed by atoms with van der Waals surface area (Å²) in [5.41, 5.74) is -4.17. The fourth-order valence-electron chi connectivity index (χ4n) is 2.00. The van der Waals surface area contributed by atoms with Crippen molar-refractivity contribution in [3.05, 3.63) is 63.7 Å². The smallest absolute Gasteiger partial charge is 0.258 e. The van der Waals surface area contributed by atoms with Crippen molar-refractivity contribution in [2.75, 3.05) is 0 Å². The van der Waals surface area contributed by atoms with Crippen molar-refractivity contribution < 1.29 is 31.3 Å². The molecule has 0 atom stereocenters. The summed E-state index contributed by atoms with van der Waals surface area (Å²) < 4.78 is 77.2.